The molecule has 0 amide bonds. The van der Waals surface area contributed by atoms with E-state index in [2.05, 4.69) is 26.1 Å². The molecule has 1 aliphatic rings. The van der Waals surface area contributed by atoms with Gasteiger partial charge in [0, 0.05) is 21.8 Å². The Morgan fingerprint density at radius 3 is 2.64 bits per heavy atom. The van der Waals surface area contributed by atoms with Gasteiger partial charge < -0.3 is 0 Å². The van der Waals surface area contributed by atoms with E-state index in [1.54, 1.807) is 0 Å². The number of nitrogens with zero attached hydrogens (tertiary/aromatic N) is 4. The molecule has 6 nitrogen and oxygen atoms in total. The fourth-order valence-electron chi connectivity index (χ4n) is 3.36. The van der Waals surface area contributed by atoms with Crippen molar-refractivity contribution in [1.82, 2.24) is 30.7 Å². The Morgan fingerprint density at radius 1 is 0.960 bits per heavy atom. The third-order valence-electron chi connectivity index (χ3n) is 4.67. The summed E-state index contributed by atoms with van der Waals surface area (Å²) in [5.41, 5.74) is 8.62. The molecule has 2 unspecified atom stereocenters. The first kappa shape index (κ1) is 14.8. The number of rotatable bonds is 2. The van der Waals surface area contributed by atoms with Crippen LogP contribution in [0.15, 0.2) is 54.7 Å². The van der Waals surface area contributed by atoms with Gasteiger partial charge >= 0.3 is 0 Å². The Hall–Kier alpha value is -2.54. The summed E-state index contributed by atoms with van der Waals surface area (Å²) in [4.78, 5) is 0. The molecule has 2 atom stereocenters. The molecule has 2 N–H and O–H groups in total. The number of halogens is 1. The van der Waals surface area contributed by atoms with Crippen LogP contribution >= 0.6 is 11.6 Å². The summed E-state index contributed by atoms with van der Waals surface area (Å²) in [5, 5.41) is 16.1. The molecule has 3 heterocycles. The number of aromatic nitrogens is 4. The summed E-state index contributed by atoms with van der Waals surface area (Å²) >= 11 is 5.98. The van der Waals surface area contributed by atoms with E-state index in [9.17, 15) is 0 Å². The number of hydrogen-bond donors (Lipinski definition) is 2. The maximum atomic E-state index is 5.98. The summed E-state index contributed by atoms with van der Waals surface area (Å²) in [7, 11) is 0. The maximum absolute atomic E-state index is 5.98. The van der Waals surface area contributed by atoms with E-state index in [1.165, 1.54) is 5.56 Å². The van der Waals surface area contributed by atoms with Gasteiger partial charge in [-0.3, -0.25) is 0 Å². The monoisotopic (exact) mass is 350 g/mol. The van der Waals surface area contributed by atoms with E-state index >= 15 is 0 Å². The molecular weight excluding hydrogens is 336 g/mol. The SMILES string of the molecule is Clc1ccc(C2CC(c3nnc4c5ccccc5cnn34)NN2)cc1. The topological polar surface area (TPSA) is 67.1 Å². The fourth-order valence-corrected chi connectivity index (χ4v) is 3.49. The van der Waals surface area contributed by atoms with Gasteiger partial charge in [-0.05, 0) is 24.1 Å². The zero-order chi connectivity index (χ0) is 16.8. The van der Waals surface area contributed by atoms with Crippen molar-refractivity contribution in [2.24, 2.45) is 0 Å². The van der Waals surface area contributed by atoms with Crippen molar-refractivity contribution in [2.45, 2.75) is 18.5 Å². The van der Waals surface area contributed by atoms with Crippen LogP contribution in [0.25, 0.3) is 16.4 Å². The molecule has 0 aliphatic carbocycles. The molecule has 7 heteroatoms. The molecule has 4 aromatic rings. The van der Waals surface area contributed by atoms with E-state index in [4.69, 9.17) is 11.6 Å². The lowest BCUT2D eigenvalue weighted by Crippen LogP contribution is -2.27. The molecule has 1 aliphatic heterocycles. The fraction of sp³-hybridized carbons (Fsp3) is 0.167. The predicted molar refractivity (Wildman–Crippen MR) is 96.1 cm³/mol. The predicted octanol–water partition coefficient (Wildman–Crippen LogP) is 3.21. The number of benzene rings is 2. The summed E-state index contributed by atoms with van der Waals surface area (Å²) in [6.45, 7) is 0. The highest BCUT2D eigenvalue weighted by Gasteiger charge is 2.30. The Morgan fingerprint density at radius 2 is 1.76 bits per heavy atom. The number of nitrogens with one attached hydrogen (secondary N) is 2. The quantitative estimate of drug-likeness (QED) is 0.581. The van der Waals surface area contributed by atoms with E-state index < -0.39 is 0 Å². The van der Waals surface area contributed by atoms with Gasteiger partial charge in [0.05, 0.1) is 12.2 Å². The van der Waals surface area contributed by atoms with Crippen molar-refractivity contribution >= 4 is 28.0 Å². The lowest BCUT2D eigenvalue weighted by molar-refractivity contribution is 0.532. The van der Waals surface area contributed by atoms with Gasteiger partial charge in [0.25, 0.3) is 0 Å². The molecule has 0 radical (unpaired) electrons. The molecule has 124 valence electrons. The van der Waals surface area contributed by atoms with Gasteiger partial charge in [0.1, 0.15) is 0 Å². The molecule has 0 bridgehead atoms. The molecule has 1 saturated heterocycles. The van der Waals surface area contributed by atoms with E-state index in [1.807, 2.05) is 59.2 Å². The highest BCUT2D eigenvalue weighted by Crippen LogP contribution is 2.31. The van der Waals surface area contributed by atoms with Crippen LogP contribution in [0, 0.1) is 0 Å². The van der Waals surface area contributed by atoms with Gasteiger partial charge in [-0.1, -0.05) is 48.0 Å². The second-order valence-electron chi connectivity index (χ2n) is 6.21. The van der Waals surface area contributed by atoms with Crippen molar-refractivity contribution in [1.29, 1.82) is 0 Å². The Kier molecular flexibility index (Phi) is 3.41. The van der Waals surface area contributed by atoms with Gasteiger partial charge in [-0.15, -0.1) is 10.2 Å². The van der Waals surface area contributed by atoms with Gasteiger partial charge in [0.15, 0.2) is 11.5 Å². The zero-order valence-corrected chi connectivity index (χ0v) is 14.0. The minimum atomic E-state index is 0.0318. The van der Waals surface area contributed by atoms with Crippen LogP contribution in [0.5, 0.6) is 0 Å². The Labute approximate surface area is 148 Å². The summed E-state index contributed by atoms with van der Waals surface area (Å²) in [5.74, 6) is 0.810. The molecule has 2 aromatic heterocycles. The van der Waals surface area contributed by atoms with E-state index in [0.29, 0.717) is 0 Å². The van der Waals surface area contributed by atoms with Crippen LogP contribution in [0.2, 0.25) is 5.02 Å². The molecule has 0 saturated carbocycles. The number of hydrogen-bond acceptors (Lipinski definition) is 5. The average Bonchev–Trinajstić information content (AvgIpc) is 3.29. The molecule has 5 rings (SSSR count). The van der Waals surface area contributed by atoms with Crippen LogP contribution < -0.4 is 10.9 Å². The van der Waals surface area contributed by atoms with Crippen molar-refractivity contribution in [3.05, 3.63) is 71.1 Å². The Balaban J connectivity index is 1.50. The average molecular weight is 351 g/mol. The van der Waals surface area contributed by atoms with Crippen LogP contribution in [-0.4, -0.2) is 19.8 Å². The molecular formula is C18H15ClN6. The Bertz CT molecular complexity index is 1060. The first-order chi connectivity index (χ1) is 12.3. The third kappa shape index (κ3) is 2.46. The minimum Gasteiger partial charge on any atom is -0.250 e. The standard InChI is InChI=1S/C18H15ClN6/c19-13-7-5-11(6-8-13)15-9-16(22-21-15)18-24-23-17-14-4-2-1-3-12(14)10-20-25(17)18/h1-8,10,15-16,21-22H,9H2. The number of fused-ring (bicyclic) bond motifs is 3. The van der Waals surface area contributed by atoms with Crippen molar-refractivity contribution in [2.75, 3.05) is 0 Å². The first-order valence-corrected chi connectivity index (χ1v) is 8.53. The van der Waals surface area contributed by atoms with Crippen LogP contribution in [0.4, 0.5) is 0 Å². The molecule has 25 heavy (non-hydrogen) atoms. The molecule has 1 fully saturated rings. The third-order valence-corrected chi connectivity index (χ3v) is 4.92. The lowest BCUT2D eigenvalue weighted by atomic mass is 10.0. The van der Waals surface area contributed by atoms with E-state index in [0.717, 1.165) is 33.7 Å². The maximum Gasteiger partial charge on any atom is 0.185 e. The van der Waals surface area contributed by atoms with Gasteiger partial charge in [-0.2, -0.15) is 9.61 Å². The van der Waals surface area contributed by atoms with Gasteiger partial charge in [0.2, 0.25) is 0 Å². The summed E-state index contributed by atoms with van der Waals surface area (Å²) < 4.78 is 1.83. The molecule has 0 spiro atoms. The summed E-state index contributed by atoms with van der Waals surface area (Å²) in [6.07, 6.45) is 2.71. The van der Waals surface area contributed by atoms with E-state index in [-0.39, 0.29) is 12.1 Å². The number of hydrazine groups is 1. The van der Waals surface area contributed by atoms with Crippen LogP contribution in [-0.2, 0) is 0 Å². The smallest absolute Gasteiger partial charge is 0.185 e. The minimum absolute atomic E-state index is 0.0318. The van der Waals surface area contributed by atoms with Crippen molar-refractivity contribution in [3.63, 3.8) is 0 Å². The van der Waals surface area contributed by atoms with Crippen LogP contribution in [0.3, 0.4) is 0 Å². The first-order valence-electron chi connectivity index (χ1n) is 8.15. The zero-order valence-electron chi connectivity index (χ0n) is 13.2. The van der Waals surface area contributed by atoms with Gasteiger partial charge in [-0.25, -0.2) is 10.9 Å². The summed E-state index contributed by atoms with van der Waals surface area (Å²) in [6, 6.07) is 16.2. The second kappa shape index (κ2) is 5.77. The largest absolute Gasteiger partial charge is 0.250 e. The highest BCUT2D eigenvalue weighted by molar-refractivity contribution is 6.30. The van der Waals surface area contributed by atoms with Crippen molar-refractivity contribution < 1.29 is 0 Å². The molecule has 2 aromatic carbocycles. The second-order valence-corrected chi connectivity index (χ2v) is 6.64. The lowest BCUT2D eigenvalue weighted by Gasteiger charge is -2.09. The van der Waals surface area contributed by atoms with Crippen molar-refractivity contribution in [3.8, 4) is 0 Å². The normalized spacial score (nSPS) is 20.5. The van der Waals surface area contributed by atoms with Crippen LogP contribution in [0.1, 0.15) is 29.9 Å². The highest BCUT2D eigenvalue weighted by atomic mass is 35.5.